The van der Waals surface area contributed by atoms with Crippen LogP contribution in [0.1, 0.15) is 26.3 Å². The third-order valence-corrected chi connectivity index (χ3v) is 4.64. The fourth-order valence-corrected chi connectivity index (χ4v) is 2.45. The maximum atomic E-state index is 11.6. The molecule has 0 heterocycles. The van der Waals surface area contributed by atoms with Crippen molar-refractivity contribution in [2.75, 3.05) is 5.75 Å². The van der Waals surface area contributed by atoms with Gasteiger partial charge in [0.1, 0.15) is 0 Å². The van der Waals surface area contributed by atoms with Crippen molar-refractivity contribution in [3.8, 4) is 0 Å². The quantitative estimate of drug-likeness (QED) is 0.889. The van der Waals surface area contributed by atoms with Crippen LogP contribution < -0.4 is 0 Å². The first-order valence-electron chi connectivity index (χ1n) is 5.74. The summed E-state index contributed by atoms with van der Waals surface area (Å²) in [6, 6.07) is 6.42. The number of sulfone groups is 1. The maximum Gasteiger partial charge on any atom is 0.309 e. The van der Waals surface area contributed by atoms with Gasteiger partial charge in [-0.05, 0) is 38.0 Å². The molecule has 100 valence electrons. The summed E-state index contributed by atoms with van der Waals surface area (Å²) in [4.78, 5) is 11.3. The zero-order valence-corrected chi connectivity index (χ0v) is 11.6. The van der Waals surface area contributed by atoms with Gasteiger partial charge in [-0.3, -0.25) is 4.79 Å². The number of hydrogen-bond donors (Lipinski definition) is 1. The minimum Gasteiger partial charge on any atom is -0.481 e. The van der Waals surface area contributed by atoms with E-state index in [0.717, 1.165) is 5.56 Å². The molecule has 1 rings (SSSR count). The van der Waals surface area contributed by atoms with Gasteiger partial charge in [-0.15, -0.1) is 0 Å². The molecule has 1 aromatic carbocycles. The van der Waals surface area contributed by atoms with Crippen LogP contribution in [0, 0.1) is 5.41 Å². The Morgan fingerprint density at radius 3 is 2.11 bits per heavy atom. The molecule has 0 unspecified atom stereocenters. The van der Waals surface area contributed by atoms with Crippen LogP contribution in [0.3, 0.4) is 0 Å². The summed E-state index contributed by atoms with van der Waals surface area (Å²) >= 11 is 0. The Morgan fingerprint density at radius 1 is 1.22 bits per heavy atom. The van der Waals surface area contributed by atoms with Gasteiger partial charge in [0.2, 0.25) is 0 Å². The number of aliphatic carboxylic acids is 1. The van der Waals surface area contributed by atoms with E-state index in [-0.39, 0.29) is 10.6 Å². The first-order chi connectivity index (χ1) is 8.19. The standard InChI is InChI=1S/C13H18O4S/c1-4-18(16,17)11-7-5-10(6-8-11)9-13(2,3)12(14)15/h5-8H,4,9H2,1-3H3,(H,14,15). The molecule has 0 fully saturated rings. The van der Waals surface area contributed by atoms with E-state index in [1.807, 2.05) is 0 Å². The second-order valence-corrected chi connectivity index (χ2v) is 7.19. The molecule has 0 aliphatic carbocycles. The third kappa shape index (κ3) is 3.32. The van der Waals surface area contributed by atoms with Gasteiger partial charge in [0.15, 0.2) is 9.84 Å². The normalized spacial score (nSPS) is 12.4. The molecule has 1 N–H and O–H groups in total. The van der Waals surface area contributed by atoms with E-state index in [4.69, 9.17) is 5.11 Å². The van der Waals surface area contributed by atoms with Crippen LogP contribution >= 0.6 is 0 Å². The minimum atomic E-state index is -3.19. The Kier molecular flexibility index (Phi) is 4.16. The van der Waals surface area contributed by atoms with Crippen molar-refractivity contribution >= 4 is 15.8 Å². The summed E-state index contributed by atoms with van der Waals surface area (Å²) in [5, 5.41) is 9.03. The zero-order valence-electron chi connectivity index (χ0n) is 10.8. The number of benzene rings is 1. The number of carboxylic acid groups (broad SMARTS) is 1. The molecule has 0 amide bonds. The molecule has 1 aromatic rings. The molecule has 5 heteroatoms. The summed E-state index contributed by atoms with van der Waals surface area (Å²) in [7, 11) is -3.19. The van der Waals surface area contributed by atoms with E-state index < -0.39 is 21.2 Å². The summed E-state index contributed by atoms with van der Waals surface area (Å²) in [6.45, 7) is 4.88. The molecular weight excluding hydrogens is 252 g/mol. The largest absolute Gasteiger partial charge is 0.481 e. The predicted octanol–water partition coefficient (Wildman–Crippen LogP) is 2.13. The van der Waals surface area contributed by atoms with Crippen LogP contribution in [0.5, 0.6) is 0 Å². The van der Waals surface area contributed by atoms with E-state index in [2.05, 4.69) is 0 Å². The van der Waals surface area contributed by atoms with Gasteiger partial charge in [-0.2, -0.15) is 0 Å². The van der Waals surface area contributed by atoms with Crippen LogP contribution in [-0.2, 0) is 21.1 Å². The van der Waals surface area contributed by atoms with Crippen molar-refractivity contribution in [3.63, 3.8) is 0 Å². The van der Waals surface area contributed by atoms with Crippen LogP contribution in [0.25, 0.3) is 0 Å². The topological polar surface area (TPSA) is 71.4 Å². The Balaban J connectivity index is 2.95. The van der Waals surface area contributed by atoms with Gasteiger partial charge in [-0.25, -0.2) is 8.42 Å². The molecule has 0 radical (unpaired) electrons. The van der Waals surface area contributed by atoms with Gasteiger partial charge < -0.3 is 5.11 Å². The fourth-order valence-electron chi connectivity index (χ4n) is 1.57. The highest BCUT2D eigenvalue weighted by atomic mass is 32.2. The monoisotopic (exact) mass is 270 g/mol. The lowest BCUT2D eigenvalue weighted by Gasteiger charge is -2.19. The fraction of sp³-hybridized carbons (Fsp3) is 0.462. The van der Waals surface area contributed by atoms with Crippen molar-refractivity contribution in [1.82, 2.24) is 0 Å². The third-order valence-electron chi connectivity index (χ3n) is 2.89. The average Bonchev–Trinajstić information content (AvgIpc) is 2.29. The van der Waals surface area contributed by atoms with Crippen molar-refractivity contribution in [3.05, 3.63) is 29.8 Å². The van der Waals surface area contributed by atoms with Crippen molar-refractivity contribution in [1.29, 1.82) is 0 Å². The predicted molar refractivity (Wildman–Crippen MR) is 69.3 cm³/mol. The number of hydrogen-bond acceptors (Lipinski definition) is 3. The van der Waals surface area contributed by atoms with E-state index >= 15 is 0 Å². The van der Waals surface area contributed by atoms with Crippen molar-refractivity contribution < 1.29 is 18.3 Å². The van der Waals surface area contributed by atoms with Crippen LogP contribution in [0.15, 0.2) is 29.2 Å². The van der Waals surface area contributed by atoms with Crippen LogP contribution in [0.4, 0.5) is 0 Å². The van der Waals surface area contributed by atoms with E-state index in [0.29, 0.717) is 6.42 Å². The number of carbonyl (C=O) groups is 1. The highest BCUT2D eigenvalue weighted by Crippen LogP contribution is 2.23. The first kappa shape index (κ1) is 14.7. The molecule has 0 atom stereocenters. The Morgan fingerprint density at radius 2 is 1.72 bits per heavy atom. The molecule has 18 heavy (non-hydrogen) atoms. The second kappa shape index (κ2) is 5.10. The second-order valence-electron chi connectivity index (χ2n) is 4.91. The lowest BCUT2D eigenvalue weighted by atomic mass is 9.86. The highest BCUT2D eigenvalue weighted by Gasteiger charge is 2.27. The first-order valence-corrected chi connectivity index (χ1v) is 7.39. The van der Waals surface area contributed by atoms with Gasteiger partial charge in [-0.1, -0.05) is 19.1 Å². The molecule has 0 saturated carbocycles. The molecule has 4 nitrogen and oxygen atoms in total. The Labute approximate surface area is 108 Å². The van der Waals surface area contributed by atoms with Gasteiger partial charge in [0.25, 0.3) is 0 Å². The van der Waals surface area contributed by atoms with E-state index in [1.165, 1.54) is 12.1 Å². The number of carboxylic acids is 1. The summed E-state index contributed by atoms with van der Waals surface area (Å²) in [6.07, 6.45) is 0.370. The van der Waals surface area contributed by atoms with Gasteiger partial charge in [0.05, 0.1) is 16.1 Å². The van der Waals surface area contributed by atoms with Gasteiger partial charge in [0, 0.05) is 0 Å². The maximum absolute atomic E-state index is 11.6. The van der Waals surface area contributed by atoms with Crippen LogP contribution in [-0.4, -0.2) is 25.2 Å². The summed E-state index contributed by atoms with van der Waals surface area (Å²) < 4.78 is 23.2. The zero-order chi connectivity index (χ0) is 14.0. The van der Waals surface area contributed by atoms with Crippen LogP contribution in [0.2, 0.25) is 0 Å². The molecule has 0 spiro atoms. The highest BCUT2D eigenvalue weighted by molar-refractivity contribution is 7.91. The average molecular weight is 270 g/mol. The molecule has 0 aromatic heterocycles. The lowest BCUT2D eigenvalue weighted by molar-refractivity contribution is -0.146. The molecule has 0 aliphatic heterocycles. The molecule has 0 saturated heterocycles. The Hall–Kier alpha value is -1.36. The lowest BCUT2D eigenvalue weighted by Crippen LogP contribution is -2.26. The molecular formula is C13H18O4S. The van der Waals surface area contributed by atoms with E-state index in [9.17, 15) is 13.2 Å². The molecule has 0 aliphatic rings. The molecule has 0 bridgehead atoms. The Bertz CT molecular complexity index is 527. The minimum absolute atomic E-state index is 0.0625. The summed E-state index contributed by atoms with van der Waals surface area (Å²) in [5.41, 5.74) is -0.0389. The van der Waals surface area contributed by atoms with Crippen molar-refractivity contribution in [2.24, 2.45) is 5.41 Å². The number of rotatable bonds is 5. The SMILES string of the molecule is CCS(=O)(=O)c1ccc(CC(C)(C)C(=O)O)cc1. The smallest absolute Gasteiger partial charge is 0.309 e. The van der Waals surface area contributed by atoms with Crippen molar-refractivity contribution in [2.45, 2.75) is 32.1 Å². The summed E-state index contributed by atoms with van der Waals surface area (Å²) in [5.74, 6) is -0.805. The van der Waals surface area contributed by atoms with Gasteiger partial charge >= 0.3 is 5.97 Å². The van der Waals surface area contributed by atoms with E-state index in [1.54, 1.807) is 32.9 Å².